The lowest BCUT2D eigenvalue weighted by atomic mass is 9.81. The van der Waals surface area contributed by atoms with Crippen LogP contribution in [0.5, 0.6) is 0 Å². The zero-order valence-electron chi connectivity index (χ0n) is 32.7. The van der Waals surface area contributed by atoms with Gasteiger partial charge in [0.2, 0.25) is 11.8 Å². The molecule has 3 rings (SSSR count). The first-order chi connectivity index (χ1) is 24.9. The molecule has 52 heavy (non-hydrogen) atoms. The maximum atomic E-state index is 13.6. The standard InChI is InChI=1S/C41H66N5O5P/c1-7-44(8-2)26-28-46(29-27-45(9-3)10-4)39(52(5,6)51)25-24-38(47)42-31-33-18-22-36(23-19-33)40(48)43-37(41(49)50)30-32-16-20-35(21-17-32)34-14-12-11-13-15-34/h11-17,20-21,33,36-37,39H,7-10,18-19,22-31H2,1-6H3,(H,42,47)(H,43,48)(H,49,50). The molecule has 0 aliphatic heterocycles. The van der Waals surface area contributed by atoms with Crippen molar-refractivity contribution in [2.75, 3.05) is 72.2 Å². The predicted octanol–water partition coefficient (Wildman–Crippen LogP) is 6.10. The Labute approximate surface area is 313 Å². The molecule has 2 unspecified atom stereocenters. The van der Waals surface area contributed by atoms with E-state index in [-0.39, 0.29) is 35.9 Å². The number of rotatable bonds is 23. The number of carboxylic acids is 1. The molecule has 0 aromatic heterocycles. The highest BCUT2D eigenvalue weighted by molar-refractivity contribution is 7.63. The van der Waals surface area contributed by atoms with Crippen molar-refractivity contribution in [3.8, 4) is 11.1 Å². The molecule has 0 heterocycles. The van der Waals surface area contributed by atoms with Gasteiger partial charge in [0.15, 0.2) is 0 Å². The Balaban J connectivity index is 1.47. The normalized spacial score (nSPS) is 17.6. The van der Waals surface area contributed by atoms with Crippen LogP contribution in [0.2, 0.25) is 0 Å². The molecule has 2 aromatic carbocycles. The van der Waals surface area contributed by atoms with Crippen LogP contribution < -0.4 is 10.6 Å². The molecule has 3 N–H and O–H groups in total. The van der Waals surface area contributed by atoms with E-state index in [4.69, 9.17) is 0 Å². The first-order valence-electron chi connectivity index (χ1n) is 19.6. The summed E-state index contributed by atoms with van der Waals surface area (Å²) in [6, 6.07) is 16.8. The first kappa shape index (κ1) is 43.4. The van der Waals surface area contributed by atoms with Gasteiger partial charge in [-0.3, -0.25) is 14.5 Å². The third-order valence-electron chi connectivity index (χ3n) is 10.9. The van der Waals surface area contributed by atoms with Crippen molar-refractivity contribution in [3.05, 3.63) is 60.2 Å². The van der Waals surface area contributed by atoms with Crippen molar-refractivity contribution in [1.29, 1.82) is 0 Å². The Hall–Kier alpha value is -3.04. The van der Waals surface area contributed by atoms with E-state index in [1.807, 2.05) is 67.9 Å². The summed E-state index contributed by atoms with van der Waals surface area (Å²) in [7, 11) is -2.52. The first-order valence-corrected chi connectivity index (χ1v) is 22.2. The summed E-state index contributed by atoms with van der Waals surface area (Å²) in [5.74, 6) is -1.40. The lowest BCUT2D eigenvalue weighted by Crippen LogP contribution is -2.46. The van der Waals surface area contributed by atoms with E-state index in [1.54, 1.807) is 0 Å². The van der Waals surface area contributed by atoms with E-state index in [0.717, 1.165) is 81.9 Å². The average molecular weight is 740 g/mol. The second-order valence-electron chi connectivity index (χ2n) is 14.7. The Kier molecular flexibility index (Phi) is 18.5. The maximum Gasteiger partial charge on any atom is 0.326 e. The molecule has 1 aliphatic carbocycles. The van der Waals surface area contributed by atoms with Crippen LogP contribution in [0.15, 0.2) is 54.6 Å². The highest BCUT2D eigenvalue weighted by Crippen LogP contribution is 2.46. The molecule has 2 aromatic rings. The molecule has 11 heteroatoms. The maximum absolute atomic E-state index is 13.6. The molecule has 0 saturated heterocycles. The van der Waals surface area contributed by atoms with Gasteiger partial charge in [0.05, 0.1) is 12.9 Å². The van der Waals surface area contributed by atoms with Gasteiger partial charge in [-0.1, -0.05) is 82.3 Å². The number of carboxylic acid groups (broad SMARTS) is 1. The smallest absolute Gasteiger partial charge is 0.326 e. The molecule has 290 valence electrons. The second kappa shape index (κ2) is 22.2. The molecule has 1 saturated carbocycles. The van der Waals surface area contributed by atoms with Crippen molar-refractivity contribution in [2.45, 2.75) is 84.5 Å². The molecule has 1 aliphatic rings. The minimum Gasteiger partial charge on any atom is -0.480 e. The lowest BCUT2D eigenvalue weighted by Gasteiger charge is -2.37. The Morgan fingerprint density at radius 1 is 0.788 bits per heavy atom. The van der Waals surface area contributed by atoms with Gasteiger partial charge < -0.3 is 30.1 Å². The molecule has 2 amide bonds. The largest absolute Gasteiger partial charge is 0.480 e. The zero-order valence-corrected chi connectivity index (χ0v) is 33.6. The summed E-state index contributed by atoms with van der Waals surface area (Å²) in [5.41, 5.74) is 3.00. The van der Waals surface area contributed by atoms with Crippen LogP contribution in [-0.2, 0) is 25.4 Å². The van der Waals surface area contributed by atoms with Gasteiger partial charge in [-0.25, -0.2) is 4.79 Å². The second-order valence-corrected chi connectivity index (χ2v) is 18.2. The van der Waals surface area contributed by atoms with Crippen LogP contribution in [0, 0.1) is 11.8 Å². The van der Waals surface area contributed by atoms with Crippen LogP contribution >= 0.6 is 7.14 Å². The molecular formula is C41H66N5O5P. The number of likely N-dealkylation sites (N-methyl/N-ethyl adjacent to an activating group) is 2. The SMILES string of the molecule is CCN(CC)CCN(CCN(CC)CC)C(CCC(=O)NCC1CCC(C(=O)NC(Cc2ccc(-c3ccccc3)cc2)C(=O)O)CC1)P(C)(C)=O. The van der Waals surface area contributed by atoms with Gasteiger partial charge in [0.25, 0.3) is 0 Å². The average Bonchev–Trinajstić information content (AvgIpc) is 3.14. The van der Waals surface area contributed by atoms with E-state index in [0.29, 0.717) is 32.2 Å². The van der Waals surface area contributed by atoms with E-state index in [1.165, 1.54) is 0 Å². The lowest BCUT2D eigenvalue weighted by molar-refractivity contribution is -0.142. The summed E-state index contributed by atoms with van der Waals surface area (Å²) < 4.78 is 13.6. The van der Waals surface area contributed by atoms with Gasteiger partial charge in [-0.15, -0.1) is 0 Å². The third kappa shape index (κ3) is 14.4. The summed E-state index contributed by atoms with van der Waals surface area (Å²) in [6.07, 6.45) is 4.01. The number of benzene rings is 2. The molecular weight excluding hydrogens is 673 g/mol. The molecule has 0 radical (unpaired) electrons. The minimum atomic E-state index is -2.52. The van der Waals surface area contributed by atoms with Crippen LogP contribution in [0.25, 0.3) is 11.1 Å². The van der Waals surface area contributed by atoms with Crippen LogP contribution in [-0.4, -0.2) is 122 Å². The molecule has 0 bridgehead atoms. The van der Waals surface area contributed by atoms with Gasteiger partial charge >= 0.3 is 5.97 Å². The fraction of sp³-hybridized carbons (Fsp3) is 0.634. The summed E-state index contributed by atoms with van der Waals surface area (Å²) in [6.45, 7) is 20.3. The van der Waals surface area contributed by atoms with E-state index in [2.05, 4.69) is 53.0 Å². The van der Waals surface area contributed by atoms with E-state index in [9.17, 15) is 24.1 Å². The van der Waals surface area contributed by atoms with Gasteiger partial charge in [0.1, 0.15) is 6.04 Å². The molecule has 10 nitrogen and oxygen atoms in total. The fourth-order valence-corrected chi connectivity index (χ4v) is 9.11. The number of aliphatic carboxylic acids is 1. The molecule has 1 fully saturated rings. The number of nitrogens with one attached hydrogen (secondary N) is 2. The van der Waals surface area contributed by atoms with E-state index >= 15 is 0 Å². The minimum absolute atomic E-state index is 0.0214. The predicted molar refractivity (Wildman–Crippen MR) is 213 cm³/mol. The Morgan fingerprint density at radius 2 is 1.33 bits per heavy atom. The van der Waals surface area contributed by atoms with Crippen LogP contribution in [0.4, 0.5) is 0 Å². The summed E-state index contributed by atoms with van der Waals surface area (Å²) in [4.78, 5) is 45.5. The fourth-order valence-electron chi connectivity index (χ4n) is 7.34. The van der Waals surface area contributed by atoms with Crippen molar-refractivity contribution >= 4 is 24.9 Å². The highest BCUT2D eigenvalue weighted by atomic mass is 31.2. The highest BCUT2D eigenvalue weighted by Gasteiger charge is 2.32. The van der Waals surface area contributed by atoms with Gasteiger partial charge in [-0.2, -0.15) is 0 Å². The number of hydrogen-bond donors (Lipinski definition) is 3. The molecule has 0 spiro atoms. The van der Waals surface area contributed by atoms with Crippen molar-refractivity contribution in [1.82, 2.24) is 25.3 Å². The Bertz CT molecular complexity index is 1390. The van der Waals surface area contributed by atoms with Crippen molar-refractivity contribution in [2.24, 2.45) is 11.8 Å². The number of nitrogens with zero attached hydrogens (tertiary/aromatic N) is 3. The Morgan fingerprint density at radius 3 is 1.83 bits per heavy atom. The monoisotopic (exact) mass is 739 g/mol. The van der Waals surface area contributed by atoms with Crippen LogP contribution in [0.1, 0.15) is 71.8 Å². The van der Waals surface area contributed by atoms with Crippen molar-refractivity contribution < 1.29 is 24.1 Å². The van der Waals surface area contributed by atoms with Crippen LogP contribution in [0.3, 0.4) is 0 Å². The summed E-state index contributed by atoms with van der Waals surface area (Å²) >= 11 is 0. The topological polar surface area (TPSA) is 122 Å². The van der Waals surface area contributed by atoms with Gasteiger partial charge in [0, 0.05) is 51.5 Å². The molecule has 2 atom stereocenters. The van der Waals surface area contributed by atoms with Gasteiger partial charge in [-0.05, 0) is 94.2 Å². The zero-order chi connectivity index (χ0) is 38.1. The quantitative estimate of drug-likeness (QED) is 0.117. The third-order valence-corrected chi connectivity index (χ3v) is 12.9. The number of carbonyl (C=O) groups excluding carboxylic acids is 2. The van der Waals surface area contributed by atoms with Crippen molar-refractivity contribution in [3.63, 3.8) is 0 Å². The van der Waals surface area contributed by atoms with E-state index < -0.39 is 19.2 Å². The summed E-state index contributed by atoms with van der Waals surface area (Å²) in [5, 5.41) is 15.8. The number of carbonyl (C=O) groups is 3. The number of amides is 2. The number of hydrogen-bond acceptors (Lipinski definition) is 7.